The summed E-state index contributed by atoms with van der Waals surface area (Å²) in [6.45, 7) is 4.28. The number of nitrogens with zero attached hydrogens (tertiary/aromatic N) is 2. The molecule has 11 rings (SSSR count). The molecule has 0 N–H and O–H groups in total. The van der Waals surface area contributed by atoms with Crippen molar-refractivity contribution in [3.8, 4) is 32.3 Å². The largest absolute Gasteiger partial charge is 0.236 e. The van der Waals surface area contributed by atoms with Crippen molar-refractivity contribution >= 4 is 65.0 Å². The Morgan fingerprint density at radius 2 is 1.04 bits per heavy atom. The monoisotopic (exact) mass is 764 g/mol. The smallest absolute Gasteiger partial charge is 0.124 e. The summed E-state index contributed by atoms with van der Waals surface area (Å²) in [5, 5.41) is 7.13. The van der Waals surface area contributed by atoms with Gasteiger partial charge in [-0.3, -0.25) is 0 Å². The summed E-state index contributed by atoms with van der Waals surface area (Å²) in [6, 6.07) is 62.6. The molecule has 270 valence electrons. The van der Waals surface area contributed by atoms with Crippen LogP contribution in [0.5, 0.6) is 0 Å². The second kappa shape index (κ2) is 13.6. The number of benzene rings is 8. The van der Waals surface area contributed by atoms with E-state index in [1.54, 1.807) is 22.7 Å². The minimum atomic E-state index is 0.808. The van der Waals surface area contributed by atoms with Crippen molar-refractivity contribution < 1.29 is 0 Å². The molecule has 0 amide bonds. The minimum Gasteiger partial charge on any atom is -0.236 e. The Balaban J connectivity index is 1.19. The van der Waals surface area contributed by atoms with E-state index < -0.39 is 0 Å². The zero-order valence-corrected chi connectivity index (χ0v) is 33.2. The van der Waals surface area contributed by atoms with Crippen molar-refractivity contribution in [3.63, 3.8) is 0 Å². The molecule has 57 heavy (non-hydrogen) atoms. The van der Waals surface area contributed by atoms with Crippen LogP contribution < -0.4 is 10.4 Å². The standard InChI is InChI=1S/C53H36N2S2/c1-32-16-26-45-47(28-32)56-52(54-45)37-22-18-34(19-23-37)43-30-39-12-6-8-14-41(39)50(36-20-24-38(25-21-36)53-55-46-27-17-33(2)29-48(46)57-53)51-44(43)31-40-13-7-9-15-42(40)49(51)35-10-4-3-5-11-35/h3-29,31H,30H2,1-2H3. The highest BCUT2D eigenvalue weighted by Gasteiger charge is 2.23. The number of rotatable bonds is 5. The molecule has 2 aromatic heterocycles. The van der Waals surface area contributed by atoms with Crippen LogP contribution in [0, 0.1) is 13.8 Å². The van der Waals surface area contributed by atoms with Gasteiger partial charge in [0.1, 0.15) is 10.0 Å². The van der Waals surface area contributed by atoms with Gasteiger partial charge in [-0.25, -0.2) is 9.97 Å². The lowest BCUT2D eigenvalue weighted by atomic mass is 9.87. The molecule has 0 aliphatic heterocycles. The number of hydrogen-bond acceptors (Lipinski definition) is 4. The van der Waals surface area contributed by atoms with Gasteiger partial charge in [-0.1, -0.05) is 140 Å². The average molecular weight is 765 g/mol. The molecular weight excluding hydrogens is 729 g/mol. The number of hydrogen-bond donors (Lipinski definition) is 0. The van der Waals surface area contributed by atoms with Crippen LogP contribution in [-0.4, -0.2) is 9.97 Å². The topological polar surface area (TPSA) is 25.8 Å². The third kappa shape index (κ3) is 5.92. The van der Waals surface area contributed by atoms with E-state index in [1.807, 2.05) is 0 Å². The van der Waals surface area contributed by atoms with Gasteiger partial charge < -0.3 is 0 Å². The zero-order valence-electron chi connectivity index (χ0n) is 31.6. The summed E-state index contributed by atoms with van der Waals surface area (Å²) in [4.78, 5) is 10.0. The lowest BCUT2D eigenvalue weighted by Gasteiger charge is -2.16. The molecule has 2 heterocycles. The molecule has 0 spiro atoms. The van der Waals surface area contributed by atoms with Gasteiger partial charge in [-0.15, -0.1) is 22.7 Å². The third-order valence-corrected chi connectivity index (χ3v) is 13.5. The van der Waals surface area contributed by atoms with Crippen molar-refractivity contribution in [2.45, 2.75) is 20.3 Å². The van der Waals surface area contributed by atoms with Crippen LogP contribution in [0.1, 0.15) is 33.4 Å². The van der Waals surface area contributed by atoms with Gasteiger partial charge in [0, 0.05) is 11.1 Å². The van der Waals surface area contributed by atoms with E-state index in [2.05, 4.69) is 184 Å². The molecule has 1 aliphatic rings. The van der Waals surface area contributed by atoms with Crippen LogP contribution in [0.4, 0.5) is 0 Å². The highest BCUT2D eigenvalue weighted by molar-refractivity contribution is 7.22. The van der Waals surface area contributed by atoms with Gasteiger partial charge in [0.05, 0.1) is 20.4 Å². The first-order chi connectivity index (χ1) is 28.0. The normalized spacial score (nSPS) is 12.6. The highest BCUT2D eigenvalue weighted by Crippen LogP contribution is 2.37. The summed E-state index contributed by atoms with van der Waals surface area (Å²) in [5.74, 6) is 0. The predicted molar refractivity (Wildman–Crippen MR) is 242 cm³/mol. The van der Waals surface area contributed by atoms with Crippen LogP contribution in [0.25, 0.3) is 74.6 Å². The molecule has 0 atom stereocenters. The quantitative estimate of drug-likeness (QED) is 0.174. The van der Waals surface area contributed by atoms with E-state index in [1.165, 1.54) is 86.3 Å². The molecule has 8 aromatic carbocycles. The fraction of sp³-hybridized carbons (Fsp3) is 0.0566. The maximum atomic E-state index is 5.03. The van der Waals surface area contributed by atoms with Gasteiger partial charge >= 0.3 is 0 Å². The average Bonchev–Trinajstić information content (AvgIpc) is 3.84. The zero-order chi connectivity index (χ0) is 38.0. The molecule has 0 saturated heterocycles. The summed E-state index contributed by atoms with van der Waals surface area (Å²) in [7, 11) is 0. The van der Waals surface area contributed by atoms with Crippen LogP contribution in [0.15, 0.2) is 170 Å². The van der Waals surface area contributed by atoms with Crippen molar-refractivity contribution in [2.75, 3.05) is 0 Å². The molecule has 0 bridgehead atoms. The van der Waals surface area contributed by atoms with E-state index in [9.17, 15) is 0 Å². The number of aryl methyl sites for hydroxylation is 2. The molecule has 0 radical (unpaired) electrons. The molecule has 1 aliphatic carbocycles. The third-order valence-electron chi connectivity index (χ3n) is 11.3. The first-order valence-electron chi connectivity index (χ1n) is 19.4. The van der Waals surface area contributed by atoms with E-state index in [0.29, 0.717) is 0 Å². The summed E-state index contributed by atoms with van der Waals surface area (Å²) >= 11 is 3.53. The lowest BCUT2D eigenvalue weighted by Crippen LogP contribution is -2.32. The van der Waals surface area contributed by atoms with E-state index in [-0.39, 0.29) is 0 Å². The SMILES string of the molecule is Cc1ccc2nc(-c3ccc(C4=c5cc6ccccc6c(-c6ccccc6)c5=C(c5ccc(-c6nc7ccc(C)cc7s6)cc5)c5ccccc5C4)cc3)sc2c1. The predicted octanol–water partition coefficient (Wildman–Crippen LogP) is 12.7. The van der Waals surface area contributed by atoms with E-state index >= 15 is 0 Å². The molecular formula is C53H36N2S2. The maximum absolute atomic E-state index is 5.03. The fourth-order valence-corrected chi connectivity index (χ4v) is 10.7. The molecule has 0 saturated carbocycles. The summed E-state index contributed by atoms with van der Waals surface area (Å²) in [5.41, 5.74) is 17.0. The molecule has 10 aromatic rings. The Labute approximate surface area is 339 Å². The first kappa shape index (κ1) is 33.8. The Morgan fingerprint density at radius 3 is 1.70 bits per heavy atom. The van der Waals surface area contributed by atoms with Gasteiger partial charge in [0.25, 0.3) is 0 Å². The van der Waals surface area contributed by atoms with E-state index in [0.717, 1.165) is 38.6 Å². The fourth-order valence-electron chi connectivity index (χ4n) is 8.55. The number of fused-ring (bicyclic) bond motifs is 5. The van der Waals surface area contributed by atoms with Crippen molar-refractivity contribution in [2.24, 2.45) is 0 Å². The van der Waals surface area contributed by atoms with Crippen molar-refractivity contribution in [1.29, 1.82) is 0 Å². The second-order valence-corrected chi connectivity index (χ2v) is 17.1. The van der Waals surface area contributed by atoms with Gasteiger partial charge in [0.2, 0.25) is 0 Å². The molecule has 0 unspecified atom stereocenters. The molecule has 2 nitrogen and oxygen atoms in total. The number of aromatic nitrogens is 2. The molecule has 0 fully saturated rings. The van der Waals surface area contributed by atoms with Crippen molar-refractivity contribution in [1.82, 2.24) is 9.97 Å². The summed E-state index contributed by atoms with van der Waals surface area (Å²) < 4.78 is 2.45. The van der Waals surface area contributed by atoms with Crippen LogP contribution in [-0.2, 0) is 6.42 Å². The lowest BCUT2D eigenvalue weighted by molar-refractivity contribution is 1.26. The highest BCUT2D eigenvalue weighted by atomic mass is 32.1. The summed E-state index contributed by atoms with van der Waals surface area (Å²) in [6.07, 6.45) is 0.808. The Morgan fingerprint density at radius 1 is 0.474 bits per heavy atom. The second-order valence-electron chi connectivity index (χ2n) is 15.1. The van der Waals surface area contributed by atoms with Gasteiger partial charge in [-0.2, -0.15) is 0 Å². The Kier molecular flexibility index (Phi) is 8.09. The van der Waals surface area contributed by atoms with Gasteiger partial charge in [-0.05, 0) is 127 Å². The van der Waals surface area contributed by atoms with Crippen molar-refractivity contribution in [3.05, 3.63) is 214 Å². The molecule has 4 heteroatoms. The number of thiazole rings is 2. The van der Waals surface area contributed by atoms with Gasteiger partial charge in [0.15, 0.2) is 0 Å². The van der Waals surface area contributed by atoms with Crippen LogP contribution in [0.3, 0.4) is 0 Å². The van der Waals surface area contributed by atoms with Crippen LogP contribution >= 0.6 is 22.7 Å². The Hall–Kier alpha value is -6.46. The first-order valence-corrected chi connectivity index (χ1v) is 21.1. The van der Waals surface area contributed by atoms with Crippen LogP contribution in [0.2, 0.25) is 0 Å². The van der Waals surface area contributed by atoms with E-state index in [4.69, 9.17) is 9.97 Å². The minimum absolute atomic E-state index is 0.808. The Bertz CT molecular complexity index is 3320. The maximum Gasteiger partial charge on any atom is 0.124 e.